The number of fused-ring (bicyclic) bond motifs is 5. The first-order valence-corrected chi connectivity index (χ1v) is 11.0. The number of nitrogens with zero attached hydrogens (tertiary/aromatic N) is 6. The maximum absolute atomic E-state index is 16.0. The molecule has 1 N–H and O–H groups in total. The van der Waals surface area contributed by atoms with Crippen LogP contribution in [0.3, 0.4) is 0 Å². The minimum atomic E-state index is -1.64. The first kappa shape index (κ1) is 21.4. The molecule has 2 aromatic heterocycles. The zero-order valence-electron chi connectivity index (χ0n) is 18.6. The van der Waals surface area contributed by atoms with Gasteiger partial charge in [-0.25, -0.2) is 9.37 Å². The zero-order chi connectivity index (χ0) is 24.6. The molecule has 5 heterocycles. The smallest absolute Gasteiger partial charge is 0.252 e. The minimum Gasteiger partial charge on any atom is -0.372 e. The van der Waals surface area contributed by atoms with E-state index in [4.69, 9.17) is 14.5 Å². The van der Waals surface area contributed by atoms with E-state index in [1.807, 2.05) is 6.92 Å². The maximum Gasteiger partial charge on any atom is 0.252 e. The number of ketones is 1. The molecule has 3 aliphatic heterocycles. The zero-order valence-corrected chi connectivity index (χ0v) is 18.6. The monoisotopic (exact) mass is 479 g/mol. The quantitative estimate of drug-likeness (QED) is 0.386. The molecule has 0 radical (unpaired) electrons. The number of benzene rings is 1. The second-order valence-corrected chi connectivity index (χ2v) is 9.08. The number of imide groups is 1. The van der Waals surface area contributed by atoms with Crippen LogP contribution in [-0.4, -0.2) is 62.3 Å². The van der Waals surface area contributed by atoms with E-state index in [9.17, 15) is 14.4 Å². The van der Waals surface area contributed by atoms with Crippen molar-refractivity contribution in [2.45, 2.75) is 44.9 Å². The number of rotatable bonds is 1. The summed E-state index contributed by atoms with van der Waals surface area (Å²) < 4.78 is 28.5. The fourth-order valence-corrected chi connectivity index (χ4v) is 5.72. The van der Waals surface area contributed by atoms with Crippen LogP contribution in [0.15, 0.2) is 16.9 Å². The van der Waals surface area contributed by atoms with Crippen LogP contribution in [0, 0.1) is 22.6 Å². The Morgan fingerprint density at radius 3 is 2.83 bits per heavy atom. The third kappa shape index (κ3) is 2.80. The Bertz CT molecular complexity index is 1470. The molecular weight excluding hydrogens is 461 g/mol. The fraction of sp³-hybridized carbons (Fsp3) is 0.409. The standard InChI is InChI=1S/C22H18FN7O5/c1-9-7-29-17-11(5-22(19(29)10(2)34-9)13(31)4-15(32)26-21(22)33)3-12-18(16(17)23)35-28-20(12)30-8-25-14(6-24)27-30/h3,8-10,19H,4-5,7H2,1-2H3,(H,26,32,33)/t9-,10+,19-,22?/m1/s1. The maximum atomic E-state index is 16.0. The lowest BCUT2D eigenvalue weighted by atomic mass is 9.63. The van der Waals surface area contributed by atoms with Gasteiger partial charge in [0, 0.05) is 6.54 Å². The Morgan fingerprint density at radius 1 is 1.31 bits per heavy atom. The van der Waals surface area contributed by atoms with Gasteiger partial charge in [-0.2, -0.15) is 9.94 Å². The van der Waals surface area contributed by atoms with Crippen LogP contribution >= 0.6 is 0 Å². The molecule has 35 heavy (non-hydrogen) atoms. The Morgan fingerprint density at radius 2 is 2.11 bits per heavy atom. The predicted molar refractivity (Wildman–Crippen MR) is 114 cm³/mol. The number of ether oxygens (including phenoxy) is 1. The molecule has 0 bridgehead atoms. The highest BCUT2D eigenvalue weighted by Crippen LogP contribution is 2.50. The number of halogens is 1. The van der Waals surface area contributed by atoms with Crippen LogP contribution in [0.25, 0.3) is 16.8 Å². The lowest BCUT2D eigenvalue weighted by Crippen LogP contribution is -2.72. The van der Waals surface area contributed by atoms with Gasteiger partial charge in [0.2, 0.25) is 23.2 Å². The van der Waals surface area contributed by atoms with Crippen LogP contribution in [0.2, 0.25) is 0 Å². The molecule has 3 aliphatic rings. The molecule has 178 valence electrons. The third-order valence-electron chi connectivity index (χ3n) is 6.97. The second kappa shape index (κ2) is 7.16. The fourth-order valence-electron chi connectivity index (χ4n) is 5.72. The lowest BCUT2D eigenvalue weighted by Gasteiger charge is -2.55. The average molecular weight is 479 g/mol. The molecule has 2 amide bonds. The summed E-state index contributed by atoms with van der Waals surface area (Å²) in [6.07, 6.45) is -0.253. The molecule has 0 aliphatic carbocycles. The first-order chi connectivity index (χ1) is 16.7. The summed E-state index contributed by atoms with van der Waals surface area (Å²) >= 11 is 0. The van der Waals surface area contributed by atoms with Crippen molar-refractivity contribution in [3.8, 4) is 11.9 Å². The van der Waals surface area contributed by atoms with Crippen LogP contribution in [0.1, 0.15) is 31.7 Å². The van der Waals surface area contributed by atoms with Crippen molar-refractivity contribution in [1.29, 1.82) is 5.26 Å². The van der Waals surface area contributed by atoms with Crippen LogP contribution < -0.4 is 10.2 Å². The van der Waals surface area contributed by atoms with Gasteiger partial charge in [-0.15, -0.1) is 5.10 Å². The van der Waals surface area contributed by atoms with Crippen LogP contribution in [0.5, 0.6) is 0 Å². The van der Waals surface area contributed by atoms with E-state index >= 15 is 4.39 Å². The average Bonchev–Trinajstić information content (AvgIpc) is 3.43. The summed E-state index contributed by atoms with van der Waals surface area (Å²) in [5, 5.41) is 19.5. The molecule has 12 nitrogen and oxygen atoms in total. The summed E-state index contributed by atoms with van der Waals surface area (Å²) in [4.78, 5) is 44.1. The number of Topliss-reactive ketones (excluding diaryl/α,β-unsaturated/α-hetero) is 1. The highest BCUT2D eigenvalue weighted by Gasteiger charge is 2.62. The van der Waals surface area contributed by atoms with Crippen molar-refractivity contribution in [3.05, 3.63) is 29.6 Å². The van der Waals surface area contributed by atoms with Crippen LogP contribution in [-0.2, 0) is 25.5 Å². The van der Waals surface area contributed by atoms with Crippen molar-refractivity contribution in [3.63, 3.8) is 0 Å². The molecule has 3 aromatic rings. The summed E-state index contributed by atoms with van der Waals surface area (Å²) in [5.41, 5.74) is -1.19. The number of nitrogens with one attached hydrogen (secondary N) is 1. The third-order valence-corrected chi connectivity index (χ3v) is 6.97. The number of aromatic nitrogens is 4. The Balaban J connectivity index is 1.59. The number of hydrogen-bond donors (Lipinski definition) is 1. The van der Waals surface area contributed by atoms with Gasteiger partial charge in [0.25, 0.3) is 5.82 Å². The number of hydrogen-bond acceptors (Lipinski definition) is 10. The highest BCUT2D eigenvalue weighted by atomic mass is 19.1. The molecule has 2 saturated heterocycles. The molecular formula is C22H18FN7O5. The summed E-state index contributed by atoms with van der Waals surface area (Å²) in [6.45, 7) is 3.77. The molecule has 1 aromatic carbocycles. The van der Waals surface area contributed by atoms with Gasteiger partial charge in [-0.1, -0.05) is 5.16 Å². The number of piperidine rings is 1. The van der Waals surface area contributed by atoms with E-state index in [0.717, 1.165) is 0 Å². The van der Waals surface area contributed by atoms with Gasteiger partial charge >= 0.3 is 0 Å². The second-order valence-electron chi connectivity index (χ2n) is 9.08. The van der Waals surface area contributed by atoms with Gasteiger partial charge in [-0.3, -0.25) is 19.7 Å². The highest BCUT2D eigenvalue weighted by molar-refractivity contribution is 6.22. The summed E-state index contributed by atoms with van der Waals surface area (Å²) in [5.74, 6) is -2.61. The molecule has 0 saturated carbocycles. The number of carbonyl (C=O) groups excluding carboxylic acids is 3. The Hall–Kier alpha value is -4.18. The normalized spacial score (nSPS) is 28.1. The first-order valence-electron chi connectivity index (χ1n) is 11.0. The Kier molecular flexibility index (Phi) is 4.37. The number of nitriles is 1. The van der Waals surface area contributed by atoms with E-state index in [1.54, 1.807) is 24.0 Å². The van der Waals surface area contributed by atoms with Crippen molar-refractivity contribution in [2.75, 3.05) is 11.4 Å². The van der Waals surface area contributed by atoms with Gasteiger partial charge in [0.15, 0.2) is 11.6 Å². The lowest BCUT2D eigenvalue weighted by molar-refractivity contribution is -0.158. The van der Waals surface area contributed by atoms with Crippen molar-refractivity contribution in [1.82, 2.24) is 25.2 Å². The Labute approximate surface area is 196 Å². The molecule has 2 fully saturated rings. The van der Waals surface area contributed by atoms with E-state index < -0.39 is 47.4 Å². The molecule has 13 heteroatoms. The van der Waals surface area contributed by atoms with Crippen molar-refractivity contribution in [2.24, 2.45) is 5.41 Å². The van der Waals surface area contributed by atoms with Gasteiger partial charge < -0.3 is 14.2 Å². The molecule has 4 atom stereocenters. The van der Waals surface area contributed by atoms with Gasteiger partial charge in [0.1, 0.15) is 17.8 Å². The SMILES string of the molecule is C[C@@H]1CN2c3c(cc4c(-n5cnc(C#N)n5)noc4c3F)CC3(C(=O)CC(=O)NC3=O)[C@H]2[C@H](C)O1. The largest absolute Gasteiger partial charge is 0.372 e. The topological polar surface area (TPSA) is 156 Å². The van der Waals surface area contributed by atoms with E-state index in [2.05, 4.69) is 20.6 Å². The summed E-state index contributed by atoms with van der Waals surface area (Å²) in [6, 6.07) is 2.59. The van der Waals surface area contributed by atoms with Gasteiger partial charge in [0.05, 0.1) is 35.7 Å². The van der Waals surface area contributed by atoms with E-state index in [0.29, 0.717) is 5.56 Å². The van der Waals surface area contributed by atoms with Crippen molar-refractivity contribution >= 4 is 34.3 Å². The molecule has 1 unspecified atom stereocenters. The predicted octanol–water partition coefficient (Wildman–Crippen LogP) is 0.560. The number of anilines is 1. The number of carbonyl (C=O) groups is 3. The van der Waals surface area contributed by atoms with E-state index in [-0.39, 0.29) is 47.4 Å². The van der Waals surface area contributed by atoms with Crippen LogP contribution in [0.4, 0.5) is 10.1 Å². The minimum absolute atomic E-state index is 0.102. The summed E-state index contributed by atoms with van der Waals surface area (Å²) in [7, 11) is 0. The van der Waals surface area contributed by atoms with E-state index in [1.165, 1.54) is 11.0 Å². The van der Waals surface area contributed by atoms with Crippen molar-refractivity contribution < 1.29 is 28.0 Å². The number of amides is 2. The molecule has 1 spiro atoms. The number of morpholine rings is 1. The molecule has 6 rings (SSSR count). The van der Waals surface area contributed by atoms with Gasteiger partial charge in [-0.05, 0) is 31.9 Å².